The summed E-state index contributed by atoms with van der Waals surface area (Å²) in [7, 11) is 0. The average Bonchev–Trinajstić information content (AvgIpc) is 3.28. The molecule has 0 bridgehead atoms. The fourth-order valence-electron chi connectivity index (χ4n) is 4.29. The van der Waals surface area contributed by atoms with E-state index in [0.29, 0.717) is 24.3 Å². The molecule has 0 saturated carbocycles. The Hall–Kier alpha value is -4.73. The van der Waals surface area contributed by atoms with Crippen LogP contribution in [0.5, 0.6) is 5.75 Å². The van der Waals surface area contributed by atoms with Gasteiger partial charge in [0.1, 0.15) is 24.4 Å². The van der Waals surface area contributed by atoms with Crippen LogP contribution in [0.25, 0.3) is 0 Å². The lowest BCUT2D eigenvalue weighted by Crippen LogP contribution is -2.50. The highest BCUT2D eigenvalue weighted by Crippen LogP contribution is 2.22. The number of carboxylic acid groups (broad SMARTS) is 1. The van der Waals surface area contributed by atoms with Crippen molar-refractivity contribution in [1.29, 1.82) is 0 Å². The first-order chi connectivity index (χ1) is 18.3. The fourth-order valence-corrected chi connectivity index (χ4v) is 4.29. The SMILES string of the molecule is O=C(O)[C@H](Cc1ccc(COc2ccc([N+](=O)[O-])cc2)cc1)NC(=O)[C@@H]1CCC(=O)N1Cc1ccccc1. The molecule has 4 rings (SSSR count). The number of nitrogens with one attached hydrogen (secondary N) is 1. The smallest absolute Gasteiger partial charge is 0.326 e. The summed E-state index contributed by atoms with van der Waals surface area (Å²) in [4.78, 5) is 49.1. The predicted molar refractivity (Wildman–Crippen MR) is 137 cm³/mol. The summed E-state index contributed by atoms with van der Waals surface area (Å²) in [6, 6.07) is 20.3. The number of aliphatic carboxylic acids is 1. The predicted octanol–water partition coefficient (Wildman–Crippen LogP) is 3.48. The number of rotatable bonds is 11. The van der Waals surface area contributed by atoms with Gasteiger partial charge in [0.15, 0.2) is 0 Å². The van der Waals surface area contributed by atoms with Gasteiger partial charge in [0.2, 0.25) is 11.8 Å². The Bertz CT molecular complexity index is 1290. The van der Waals surface area contributed by atoms with Crippen LogP contribution < -0.4 is 10.1 Å². The van der Waals surface area contributed by atoms with Gasteiger partial charge in [0.25, 0.3) is 5.69 Å². The van der Waals surface area contributed by atoms with Crippen molar-refractivity contribution >= 4 is 23.5 Å². The summed E-state index contributed by atoms with van der Waals surface area (Å²) in [6.45, 7) is 0.517. The Kier molecular flexibility index (Phi) is 8.32. The van der Waals surface area contributed by atoms with E-state index in [1.165, 1.54) is 29.2 Å². The number of hydrogen-bond donors (Lipinski definition) is 2. The van der Waals surface area contributed by atoms with Gasteiger partial charge >= 0.3 is 5.97 Å². The lowest BCUT2D eigenvalue weighted by molar-refractivity contribution is -0.384. The number of amides is 2. The third-order valence-corrected chi connectivity index (χ3v) is 6.36. The minimum absolute atomic E-state index is 0.0230. The van der Waals surface area contributed by atoms with Crippen LogP contribution in [0.15, 0.2) is 78.9 Å². The zero-order valence-electron chi connectivity index (χ0n) is 20.5. The first kappa shape index (κ1) is 26.3. The molecule has 3 aromatic carbocycles. The van der Waals surface area contributed by atoms with Gasteiger partial charge in [-0.3, -0.25) is 19.7 Å². The quantitative estimate of drug-likeness (QED) is 0.293. The number of carboxylic acids is 1. The van der Waals surface area contributed by atoms with E-state index in [2.05, 4.69) is 5.32 Å². The molecule has 10 heteroatoms. The van der Waals surface area contributed by atoms with E-state index in [1.54, 1.807) is 24.3 Å². The fraction of sp³-hybridized carbons (Fsp3) is 0.250. The molecule has 0 aliphatic carbocycles. The highest BCUT2D eigenvalue weighted by atomic mass is 16.6. The van der Waals surface area contributed by atoms with Crippen LogP contribution in [-0.4, -0.2) is 44.8 Å². The van der Waals surface area contributed by atoms with Crippen LogP contribution in [0, 0.1) is 10.1 Å². The van der Waals surface area contributed by atoms with Gasteiger partial charge < -0.3 is 20.1 Å². The molecule has 1 aliphatic heterocycles. The summed E-state index contributed by atoms with van der Waals surface area (Å²) in [5.41, 5.74) is 2.41. The molecule has 2 atom stereocenters. The van der Waals surface area contributed by atoms with E-state index in [9.17, 15) is 29.6 Å². The first-order valence-electron chi connectivity index (χ1n) is 12.1. The van der Waals surface area contributed by atoms with E-state index < -0.39 is 28.9 Å². The summed E-state index contributed by atoms with van der Waals surface area (Å²) >= 11 is 0. The molecule has 3 aromatic rings. The summed E-state index contributed by atoms with van der Waals surface area (Å²) in [6.07, 6.45) is 0.656. The van der Waals surface area contributed by atoms with Gasteiger partial charge in [0.05, 0.1) is 4.92 Å². The maximum absolute atomic E-state index is 13.0. The lowest BCUT2D eigenvalue weighted by atomic mass is 10.0. The Balaban J connectivity index is 1.33. The zero-order valence-corrected chi connectivity index (χ0v) is 20.5. The van der Waals surface area contributed by atoms with E-state index in [0.717, 1.165) is 11.1 Å². The molecule has 1 heterocycles. The van der Waals surface area contributed by atoms with Crippen LogP contribution in [-0.2, 0) is 34.0 Å². The molecule has 1 saturated heterocycles. The normalized spacial score (nSPS) is 15.6. The van der Waals surface area contributed by atoms with Crippen LogP contribution in [0.4, 0.5) is 5.69 Å². The third-order valence-electron chi connectivity index (χ3n) is 6.36. The van der Waals surface area contributed by atoms with Gasteiger partial charge in [0, 0.05) is 31.5 Å². The molecule has 2 N–H and O–H groups in total. The number of likely N-dealkylation sites (tertiary alicyclic amines) is 1. The third kappa shape index (κ3) is 6.73. The van der Waals surface area contributed by atoms with Gasteiger partial charge in [-0.2, -0.15) is 0 Å². The van der Waals surface area contributed by atoms with Crippen molar-refractivity contribution in [2.45, 2.75) is 44.5 Å². The molecule has 2 amide bonds. The monoisotopic (exact) mass is 517 g/mol. The van der Waals surface area contributed by atoms with Crippen molar-refractivity contribution in [2.75, 3.05) is 0 Å². The lowest BCUT2D eigenvalue weighted by Gasteiger charge is -2.26. The van der Waals surface area contributed by atoms with Crippen molar-refractivity contribution < 1.29 is 29.2 Å². The van der Waals surface area contributed by atoms with Gasteiger partial charge in [-0.25, -0.2) is 4.79 Å². The molecular formula is C28H27N3O7. The second kappa shape index (κ2) is 12.0. The zero-order chi connectivity index (χ0) is 27.1. The van der Waals surface area contributed by atoms with Crippen molar-refractivity contribution in [3.8, 4) is 5.75 Å². The second-order valence-corrected chi connectivity index (χ2v) is 9.02. The molecule has 196 valence electrons. The van der Waals surface area contributed by atoms with Gasteiger partial charge in [-0.05, 0) is 35.2 Å². The molecule has 0 radical (unpaired) electrons. The van der Waals surface area contributed by atoms with Gasteiger partial charge in [-0.15, -0.1) is 0 Å². The van der Waals surface area contributed by atoms with Crippen LogP contribution in [0.1, 0.15) is 29.5 Å². The minimum atomic E-state index is -1.16. The maximum atomic E-state index is 13.0. The van der Waals surface area contributed by atoms with Crippen molar-refractivity contribution in [3.63, 3.8) is 0 Å². The first-order valence-corrected chi connectivity index (χ1v) is 12.1. The van der Waals surface area contributed by atoms with E-state index in [1.807, 2.05) is 30.3 Å². The average molecular weight is 518 g/mol. The maximum Gasteiger partial charge on any atom is 0.326 e. The Labute approximate surface area is 219 Å². The van der Waals surface area contributed by atoms with E-state index >= 15 is 0 Å². The Morgan fingerprint density at radius 1 is 1.00 bits per heavy atom. The number of hydrogen-bond acceptors (Lipinski definition) is 6. The summed E-state index contributed by atoms with van der Waals surface area (Å²) < 4.78 is 5.65. The van der Waals surface area contributed by atoms with Gasteiger partial charge in [-0.1, -0.05) is 54.6 Å². The standard InChI is InChI=1S/C28H27N3O7/c32-26-15-14-25(30(26)17-20-4-2-1-3-5-20)27(33)29-24(28(34)35)16-19-6-8-21(9-7-19)18-38-23-12-10-22(11-13-23)31(36)37/h1-13,24-25H,14-18H2,(H,29,33)(H,34,35)/t24-,25-/m0/s1. The number of nitrogens with zero attached hydrogens (tertiary/aromatic N) is 2. The van der Waals surface area contributed by atoms with Crippen molar-refractivity contribution in [1.82, 2.24) is 10.2 Å². The number of ether oxygens (including phenoxy) is 1. The highest BCUT2D eigenvalue weighted by molar-refractivity contribution is 5.93. The van der Waals surface area contributed by atoms with E-state index in [4.69, 9.17) is 4.74 Å². The molecule has 0 spiro atoms. The van der Waals surface area contributed by atoms with Crippen LogP contribution in [0.3, 0.4) is 0 Å². The highest BCUT2D eigenvalue weighted by Gasteiger charge is 2.37. The number of benzene rings is 3. The Morgan fingerprint density at radius 2 is 1.66 bits per heavy atom. The second-order valence-electron chi connectivity index (χ2n) is 9.02. The number of nitro benzene ring substituents is 1. The molecule has 1 fully saturated rings. The minimum Gasteiger partial charge on any atom is -0.489 e. The molecule has 0 aromatic heterocycles. The molecule has 0 unspecified atom stereocenters. The van der Waals surface area contributed by atoms with Crippen LogP contribution in [0.2, 0.25) is 0 Å². The Morgan fingerprint density at radius 3 is 2.29 bits per heavy atom. The topological polar surface area (TPSA) is 139 Å². The largest absolute Gasteiger partial charge is 0.489 e. The molecule has 1 aliphatic rings. The number of nitro groups is 1. The number of non-ortho nitro benzene ring substituents is 1. The number of carbonyl (C=O) groups excluding carboxylic acids is 2. The van der Waals surface area contributed by atoms with Crippen molar-refractivity contribution in [2.24, 2.45) is 0 Å². The molecule has 10 nitrogen and oxygen atoms in total. The van der Waals surface area contributed by atoms with Crippen molar-refractivity contribution in [3.05, 3.63) is 106 Å². The number of carbonyl (C=O) groups is 3. The summed E-state index contributed by atoms with van der Waals surface area (Å²) in [5.74, 6) is -1.29. The van der Waals surface area contributed by atoms with E-state index in [-0.39, 0.29) is 31.0 Å². The molecular weight excluding hydrogens is 490 g/mol. The summed E-state index contributed by atoms with van der Waals surface area (Å²) in [5, 5.41) is 23.1. The molecule has 38 heavy (non-hydrogen) atoms. The van der Waals surface area contributed by atoms with Crippen LogP contribution >= 0.6 is 0 Å².